The number of rotatable bonds is 6. The highest BCUT2D eigenvalue weighted by molar-refractivity contribution is 6.08. The van der Waals surface area contributed by atoms with E-state index in [0.29, 0.717) is 60.7 Å². The van der Waals surface area contributed by atoms with E-state index in [1.54, 1.807) is 23.0 Å². The average molecular weight is 530 g/mol. The van der Waals surface area contributed by atoms with E-state index < -0.39 is 0 Å². The van der Waals surface area contributed by atoms with Crippen molar-refractivity contribution in [2.75, 3.05) is 67.6 Å². The average Bonchev–Trinajstić information content (AvgIpc) is 3.59. The van der Waals surface area contributed by atoms with Crippen LogP contribution in [0.5, 0.6) is 0 Å². The molecule has 6 heterocycles. The molecule has 12 nitrogen and oxygen atoms in total. The first kappa shape index (κ1) is 24.0. The molecule has 4 aromatic rings. The molecule has 7 rings (SSSR count). The Morgan fingerprint density at radius 2 is 1.82 bits per heavy atom. The fourth-order valence-corrected chi connectivity index (χ4v) is 5.28. The first-order chi connectivity index (χ1) is 19.1. The molecular weight excluding hydrogens is 498 g/mol. The molecule has 0 spiro atoms. The van der Waals surface area contributed by atoms with Crippen LogP contribution in [0.2, 0.25) is 0 Å². The third-order valence-electron chi connectivity index (χ3n) is 7.55. The van der Waals surface area contributed by atoms with Crippen molar-refractivity contribution < 1.29 is 13.9 Å². The summed E-state index contributed by atoms with van der Waals surface area (Å²) in [6.07, 6.45) is 6.21. The number of carbonyl (C=O) groups is 1. The minimum absolute atomic E-state index is 0.288. The maximum atomic E-state index is 13.7. The van der Waals surface area contributed by atoms with Crippen LogP contribution in [0.4, 0.5) is 17.7 Å². The fraction of sp³-hybridized carbons (Fsp3) is 0.444. The van der Waals surface area contributed by atoms with Gasteiger partial charge in [-0.2, -0.15) is 10.1 Å². The van der Waals surface area contributed by atoms with Gasteiger partial charge < -0.3 is 24.3 Å². The molecule has 2 aliphatic heterocycles. The van der Waals surface area contributed by atoms with Crippen LogP contribution in [0.15, 0.2) is 41.1 Å². The topological polar surface area (TPSA) is 118 Å². The summed E-state index contributed by atoms with van der Waals surface area (Å²) >= 11 is 0. The van der Waals surface area contributed by atoms with E-state index in [1.807, 2.05) is 30.3 Å². The van der Waals surface area contributed by atoms with E-state index in [0.717, 1.165) is 43.5 Å². The smallest absolute Gasteiger partial charge is 0.300 e. The second-order valence-corrected chi connectivity index (χ2v) is 10.3. The predicted molar refractivity (Wildman–Crippen MR) is 146 cm³/mol. The Labute approximate surface area is 225 Å². The van der Waals surface area contributed by atoms with Crippen LogP contribution in [-0.2, 0) is 11.8 Å². The maximum absolute atomic E-state index is 13.7. The molecule has 0 unspecified atom stereocenters. The number of fused-ring (bicyclic) bond motifs is 1. The van der Waals surface area contributed by atoms with Crippen LogP contribution in [0.3, 0.4) is 0 Å². The van der Waals surface area contributed by atoms with Crippen LogP contribution >= 0.6 is 0 Å². The number of ether oxygens (including phenoxy) is 1. The number of nitrogens with zero attached hydrogens (tertiary/aromatic N) is 8. The largest absolute Gasteiger partial charge is 0.422 e. The Balaban J connectivity index is 1.20. The molecule has 1 amide bonds. The molecular formula is C27H31N9O3. The van der Waals surface area contributed by atoms with Crippen LogP contribution in [0.1, 0.15) is 23.2 Å². The van der Waals surface area contributed by atoms with Crippen molar-refractivity contribution >= 4 is 34.8 Å². The molecule has 12 heteroatoms. The van der Waals surface area contributed by atoms with Crippen molar-refractivity contribution in [2.45, 2.75) is 18.9 Å². The summed E-state index contributed by atoms with van der Waals surface area (Å²) in [4.78, 5) is 34.7. The molecule has 39 heavy (non-hydrogen) atoms. The van der Waals surface area contributed by atoms with E-state index in [9.17, 15) is 4.79 Å². The van der Waals surface area contributed by atoms with Gasteiger partial charge in [-0.15, -0.1) is 0 Å². The lowest BCUT2D eigenvalue weighted by molar-refractivity contribution is 0.102. The van der Waals surface area contributed by atoms with E-state index in [1.165, 1.54) is 12.8 Å². The summed E-state index contributed by atoms with van der Waals surface area (Å²) in [5, 5.41) is 7.21. The molecule has 2 saturated heterocycles. The lowest BCUT2D eigenvalue weighted by Crippen LogP contribution is -2.48. The summed E-state index contributed by atoms with van der Waals surface area (Å²) in [6, 6.07) is 8.54. The SMILES string of the molecule is Cn1cc(-c2cccc(NC(=O)c3cc4oc(N5CCOCC5)nc4nc3N3CCN(C4CC4)CC3)n2)cn1. The van der Waals surface area contributed by atoms with Crippen LogP contribution in [0.25, 0.3) is 22.5 Å². The highest BCUT2D eigenvalue weighted by atomic mass is 16.5. The molecule has 1 aliphatic carbocycles. The quantitative estimate of drug-likeness (QED) is 0.399. The fourth-order valence-electron chi connectivity index (χ4n) is 5.28. The van der Waals surface area contributed by atoms with Gasteiger partial charge in [-0.1, -0.05) is 6.07 Å². The summed E-state index contributed by atoms with van der Waals surface area (Å²) in [5.41, 5.74) is 3.04. The zero-order chi connectivity index (χ0) is 26.3. The van der Waals surface area contributed by atoms with Crippen LogP contribution < -0.4 is 15.1 Å². The molecule has 1 saturated carbocycles. The summed E-state index contributed by atoms with van der Waals surface area (Å²) in [7, 11) is 1.86. The van der Waals surface area contributed by atoms with Crippen LogP contribution in [-0.4, -0.2) is 94.1 Å². The predicted octanol–water partition coefficient (Wildman–Crippen LogP) is 2.39. The van der Waals surface area contributed by atoms with E-state index in [2.05, 4.69) is 30.2 Å². The summed E-state index contributed by atoms with van der Waals surface area (Å²) in [5.74, 6) is 0.794. The highest BCUT2D eigenvalue weighted by Gasteiger charge is 2.33. The monoisotopic (exact) mass is 529 g/mol. The molecule has 3 aliphatic rings. The van der Waals surface area contributed by atoms with E-state index in [4.69, 9.17) is 14.1 Å². The summed E-state index contributed by atoms with van der Waals surface area (Å²) in [6.45, 7) is 6.18. The second kappa shape index (κ2) is 9.93. The Bertz CT molecular complexity index is 1500. The van der Waals surface area contributed by atoms with E-state index >= 15 is 0 Å². The number of aryl methyl sites for hydroxylation is 1. The van der Waals surface area contributed by atoms with Gasteiger partial charge in [0, 0.05) is 70.2 Å². The number of carbonyl (C=O) groups excluding carboxylic acids is 1. The zero-order valence-electron chi connectivity index (χ0n) is 21.9. The molecule has 0 radical (unpaired) electrons. The number of aromatic nitrogens is 5. The van der Waals surface area contributed by atoms with Crippen LogP contribution in [0, 0.1) is 0 Å². The molecule has 0 atom stereocenters. The standard InChI is InChI=1S/C27H31N9O3/c1-33-17-18(16-28-33)21-3-2-4-23(29-21)30-26(37)20-15-22-24(32-27(39-22)36-11-13-38-14-12-36)31-25(20)35-9-7-34(8-10-35)19-5-6-19/h2-4,15-17,19H,5-14H2,1H3,(H,29,30,37). The Kier molecular flexibility index (Phi) is 6.12. The second-order valence-electron chi connectivity index (χ2n) is 10.3. The van der Waals surface area contributed by atoms with Gasteiger partial charge >= 0.3 is 0 Å². The van der Waals surface area contributed by atoms with Gasteiger partial charge in [0.25, 0.3) is 11.9 Å². The van der Waals surface area contributed by atoms with Crippen molar-refractivity contribution in [1.82, 2.24) is 29.6 Å². The van der Waals surface area contributed by atoms with Crippen molar-refractivity contribution in [3.05, 3.63) is 42.2 Å². The van der Waals surface area contributed by atoms with Gasteiger partial charge in [-0.25, -0.2) is 9.97 Å². The van der Waals surface area contributed by atoms with Gasteiger partial charge in [-0.3, -0.25) is 14.4 Å². The van der Waals surface area contributed by atoms with Gasteiger partial charge in [0.2, 0.25) is 5.65 Å². The minimum Gasteiger partial charge on any atom is -0.422 e. The highest BCUT2D eigenvalue weighted by Crippen LogP contribution is 2.31. The Hall–Kier alpha value is -4.03. The lowest BCUT2D eigenvalue weighted by Gasteiger charge is -2.36. The molecule has 202 valence electrons. The molecule has 0 aromatic carbocycles. The Morgan fingerprint density at radius 3 is 2.56 bits per heavy atom. The number of pyridine rings is 2. The van der Waals surface area contributed by atoms with Crippen molar-refractivity contribution in [2.24, 2.45) is 7.05 Å². The number of piperazine rings is 1. The first-order valence-electron chi connectivity index (χ1n) is 13.5. The van der Waals surface area contributed by atoms with Crippen molar-refractivity contribution in [3.8, 4) is 11.3 Å². The van der Waals surface area contributed by atoms with Gasteiger partial charge in [-0.05, 0) is 25.0 Å². The summed E-state index contributed by atoms with van der Waals surface area (Å²) < 4.78 is 13.3. The normalized spacial score (nSPS) is 18.6. The van der Waals surface area contributed by atoms with Gasteiger partial charge in [0.05, 0.1) is 30.7 Å². The number of hydrogen-bond donors (Lipinski definition) is 1. The third kappa shape index (κ3) is 4.92. The number of amides is 1. The molecule has 3 fully saturated rings. The molecule has 1 N–H and O–H groups in total. The third-order valence-corrected chi connectivity index (χ3v) is 7.55. The number of morpholine rings is 1. The van der Waals surface area contributed by atoms with Gasteiger partial charge in [0.15, 0.2) is 5.58 Å². The van der Waals surface area contributed by atoms with Crippen molar-refractivity contribution in [1.29, 1.82) is 0 Å². The Morgan fingerprint density at radius 1 is 1.00 bits per heavy atom. The van der Waals surface area contributed by atoms with Crippen molar-refractivity contribution in [3.63, 3.8) is 0 Å². The van der Waals surface area contributed by atoms with Gasteiger partial charge in [0.1, 0.15) is 11.6 Å². The number of hydrogen-bond acceptors (Lipinski definition) is 10. The molecule has 4 aromatic heterocycles. The first-order valence-corrected chi connectivity index (χ1v) is 13.5. The number of nitrogens with one attached hydrogen (secondary N) is 1. The molecule has 0 bridgehead atoms. The zero-order valence-corrected chi connectivity index (χ0v) is 21.9. The lowest BCUT2D eigenvalue weighted by atomic mass is 10.2. The minimum atomic E-state index is -0.288. The maximum Gasteiger partial charge on any atom is 0.300 e. The number of oxazole rings is 1. The number of anilines is 3. The van der Waals surface area contributed by atoms with E-state index in [-0.39, 0.29) is 5.91 Å².